The molecular formula is C16H19N3O2. The van der Waals surface area contributed by atoms with Gasteiger partial charge in [-0.25, -0.2) is 9.78 Å². The zero-order valence-electron chi connectivity index (χ0n) is 12.2. The minimum atomic E-state index is -0.225. The molecule has 0 saturated heterocycles. The van der Waals surface area contributed by atoms with Crippen LogP contribution >= 0.6 is 0 Å². The maximum absolute atomic E-state index is 11.9. The summed E-state index contributed by atoms with van der Waals surface area (Å²) >= 11 is 0. The zero-order valence-corrected chi connectivity index (χ0v) is 12.2. The van der Waals surface area contributed by atoms with Crippen molar-refractivity contribution in [1.82, 2.24) is 15.6 Å². The lowest BCUT2D eigenvalue weighted by atomic mass is 10.1. The molecule has 1 atom stereocenters. The Morgan fingerprint density at radius 3 is 2.71 bits per heavy atom. The Balaban J connectivity index is 1.88. The topological polar surface area (TPSA) is 63.2 Å². The van der Waals surface area contributed by atoms with E-state index in [-0.39, 0.29) is 12.1 Å². The molecule has 0 bridgehead atoms. The first-order valence-electron chi connectivity index (χ1n) is 6.78. The number of pyridine rings is 1. The molecule has 2 amide bonds. The second-order valence-corrected chi connectivity index (χ2v) is 4.63. The summed E-state index contributed by atoms with van der Waals surface area (Å²) in [6.45, 7) is 2.31. The molecule has 1 aromatic carbocycles. The Morgan fingerprint density at radius 1 is 1.24 bits per heavy atom. The number of carbonyl (C=O) groups excluding carboxylic acids is 1. The molecule has 5 nitrogen and oxygen atoms in total. The summed E-state index contributed by atoms with van der Waals surface area (Å²) in [6.07, 6.45) is 1.65. The normalized spacial score (nSPS) is 11.5. The lowest BCUT2D eigenvalue weighted by Crippen LogP contribution is -2.36. The molecule has 0 radical (unpaired) electrons. The molecule has 2 N–H and O–H groups in total. The first kappa shape index (κ1) is 14.8. The van der Waals surface area contributed by atoms with E-state index in [9.17, 15) is 4.79 Å². The van der Waals surface area contributed by atoms with Gasteiger partial charge in [-0.05, 0) is 18.6 Å². The number of rotatable bonds is 5. The fourth-order valence-electron chi connectivity index (χ4n) is 1.99. The van der Waals surface area contributed by atoms with Crippen molar-refractivity contribution in [3.63, 3.8) is 0 Å². The molecule has 0 aliphatic carbocycles. The van der Waals surface area contributed by atoms with Crippen LogP contribution in [0.15, 0.2) is 48.7 Å². The van der Waals surface area contributed by atoms with Crippen LogP contribution in [0.25, 0.3) is 0 Å². The Morgan fingerprint density at radius 2 is 2.00 bits per heavy atom. The van der Waals surface area contributed by atoms with Crippen molar-refractivity contribution in [2.75, 3.05) is 7.11 Å². The number of nitrogens with zero attached hydrogens (tertiary/aromatic N) is 1. The molecule has 2 aromatic rings. The van der Waals surface area contributed by atoms with E-state index in [1.54, 1.807) is 13.3 Å². The quantitative estimate of drug-likeness (QED) is 0.887. The van der Waals surface area contributed by atoms with Crippen molar-refractivity contribution in [3.8, 4) is 5.88 Å². The Kier molecular flexibility index (Phi) is 5.15. The highest BCUT2D eigenvalue weighted by Crippen LogP contribution is 2.13. The van der Waals surface area contributed by atoms with Gasteiger partial charge in [-0.15, -0.1) is 0 Å². The number of aromatic nitrogens is 1. The third kappa shape index (κ3) is 4.21. The van der Waals surface area contributed by atoms with Crippen molar-refractivity contribution in [2.24, 2.45) is 0 Å². The second kappa shape index (κ2) is 7.28. The minimum absolute atomic E-state index is 0.0537. The molecule has 1 unspecified atom stereocenters. The highest BCUT2D eigenvalue weighted by atomic mass is 16.5. The number of amides is 2. The Hall–Kier alpha value is -2.56. The summed E-state index contributed by atoms with van der Waals surface area (Å²) in [5, 5.41) is 5.70. The maximum Gasteiger partial charge on any atom is 0.315 e. The van der Waals surface area contributed by atoms with Crippen molar-refractivity contribution in [3.05, 3.63) is 59.8 Å². The number of hydrogen-bond acceptors (Lipinski definition) is 3. The van der Waals surface area contributed by atoms with Crippen LogP contribution in [-0.2, 0) is 6.54 Å². The van der Waals surface area contributed by atoms with Crippen molar-refractivity contribution in [1.29, 1.82) is 0 Å². The lowest BCUT2D eigenvalue weighted by Gasteiger charge is -2.15. The molecule has 1 aromatic heterocycles. The Labute approximate surface area is 124 Å². The van der Waals surface area contributed by atoms with Gasteiger partial charge in [-0.2, -0.15) is 0 Å². The van der Waals surface area contributed by atoms with Gasteiger partial charge in [0.2, 0.25) is 5.88 Å². The number of hydrogen-bond donors (Lipinski definition) is 2. The SMILES string of the molecule is COc1ncccc1CNC(=O)NC(C)c1ccccc1. The minimum Gasteiger partial charge on any atom is -0.481 e. The van der Waals surface area contributed by atoms with Gasteiger partial charge in [0, 0.05) is 18.3 Å². The van der Waals surface area contributed by atoms with Gasteiger partial charge < -0.3 is 15.4 Å². The second-order valence-electron chi connectivity index (χ2n) is 4.63. The summed E-state index contributed by atoms with van der Waals surface area (Å²) in [5.74, 6) is 0.522. The standard InChI is InChI=1S/C16H19N3O2/c1-12(13-7-4-3-5-8-13)19-16(20)18-11-14-9-6-10-17-15(14)21-2/h3-10,12H,11H2,1-2H3,(H2,18,19,20). The lowest BCUT2D eigenvalue weighted by molar-refractivity contribution is 0.237. The van der Waals surface area contributed by atoms with Crippen LogP contribution in [0.1, 0.15) is 24.1 Å². The highest BCUT2D eigenvalue weighted by molar-refractivity contribution is 5.74. The average Bonchev–Trinajstić information content (AvgIpc) is 2.54. The van der Waals surface area contributed by atoms with E-state index in [0.29, 0.717) is 12.4 Å². The van der Waals surface area contributed by atoms with Crippen LogP contribution in [0.4, 0.5) is 4.79 Å². The van der Waals surface area contributed by atoms with E-state index in [0.717, 1.165) is 11.1 Å². The zero-order chi connectivity index (χ0) is 15.1. The van der Waals surface area contributed by atoms with Gasteiger partial charge in [0.05, 0.1) is 13.2 Å². The van der Waals surface area contributed by atoms with Crippen LogP contribution in [-0.4, -0.2) is 18.1 Å². The molecule has 0 aliphatic rings. The molecule has 0 spiro atoms. The highest BCUT2D eigenvalue weighted by Gasteiger charge is 2.10. The van der Waals surface area contributed by atoms with Crippen LogP contribution in [0.2, 0.25) is 0 Å². The van der Waals surface area contributed by atoms with E-state index in [1.165, 1.54) is 0 Å². The van der Waals surface area contributed by atoms with Crippen molar-refractivity contribution >= 4 is 6.03 Å². The molecular weight excluding hydrogens is 266 g/mol. The summed E-state index contributed by atoms with van der Waals surface area (Å²) in [4.78, 5) is 16.0. The predicted octanol–water partition coefficient (Wildman–Crippen LogP) is 2.65. The summed E-state index contributed by atoms with van der Waals surface area (Å²) in [6, 6.07) is 13.2. The fourth-order valence-corrected chi connectivity index (χ4v) is 1.99. The van der Waals surface area contributed by atoms with Crippen LogP contribution < -0.4 is 15.4 Å². The average molecular weight is 285 g/mol. The number of ether oxygens (including phenoxy) is 1. The molecule has 21 heavy (non-hydrogen) atoms. The number of benzene rings is 1. The first-order valence-corrected chi connectivity index (χ1v) is 6.78. The number of carbonyl (C=O) groups is 1. The monoisotopic (exact) mass is 285 g/mol. The number of nitrogens with one attached hydrogen (secondary N) is 2. The van der Waals surface area contributed by atoms with Crippen LogP contribution in [0.3, 0.4) is 0 Å². The van der Waals surface area contributed by atoms with E-state index in [2.05, 4.69) is 15.6 Å². The maximum atomic E-state index is 11.9. The van der Waals surface area contributed by atoms with Gasteiger partial charge in [0.15, 0.2) is 0 Å². The van der Waals surface area contributed by atoms with Gasteiger partial charge in [-0.3, -0.25) is 0 Å². The van der Waals surface area contributed by atoms with E-state index < -0.39 is 0 Å². The van der Waals surface area contributed by atoms with E-state index in [1.807, 2.05) is 49.4 Å². The summed E-state index contributed by atoms with van der Waals surface area (Å²) in [7, 11) is 1.56. The third-order valence-corrected chi connectivity index (χ3v) is 3.13. The number of urea groups is 1. The molecule has 0 fully saturated rings. The molecule has 1 heterocycles. The van der Waals surface area contributed by atoms with Gasteiger partial charge in [-0.1, -0.05) is 36.4 Å². The van der Waals surface area contributed by atoms with E-state index >= 15 is 0 Å². The van der Waals surface area contributed by atoms with Crippen molar-refractivity contribution < 1.29 is 9.53 Å². The predicted molar refractivity (Wildman–Crippen MR) is 81.0 cm³/mol. The van der Waals surface area contributed by atoms with Gasteiger partial charge >= 0.3 is 6.03 Å². The Bertz CT molecular complexity index is 587. The largest absolute Gasteiger partial charge is 0.481 e. The summed E-state index contributed by atoms with van der Waals surface area (Å²) < 4.78 is 5.15. The van der Waals surface area contributed by atoms with Crippen LogP contribution in [0.5, 0.6) is 5.88 Å². The molecule has 110 valence electrons. The van der Waals surface area contributed by atoms with Gasteiger partial charge in [0.25, 0.3) is 0 Å². The number of methoxy groups -OCH3 is 1. The smallest absolute Gasteiger partial charge is 0.315 e. The molecule has 5 heteroatoms. The van der Waals surface area contributed by atoms with E-state index in [4.69, 9.17) is 4.74 Å². The van der Waals surface area contributed by atoms with Crippen LogP contribution in [0, 0.1) is 0 Å². The fraction of sp³-hybridized carbons (Fsp3) is 0.250. The van der Waals surface area contributed by atoms with Crippen molar-refractivity contribution in [2.45, 2.75) is 19.5 Å². The molecule has 0 saturated carbocycles. The van der Waals surface area contributed by atoms with Gasteiger partial charge in [0.1, 0.15) is 0 Å². The molecule has 0 aliphatic heterocycles. The first-order chi connectivity index (χ1) is 10.2. The molecule has 2 rings (SSSR count). The summed E-state index contributed by atoms with van der Waals surface area (Å²) in [5.41, 5.74) is 1.90. The third-order valence-electron chi connectivity index (χ3n) is 3.13.